The van der Waals surface area contributed by atoms with E-state index in [4.69, 9.17) is 9.97 Å². The maximum atomic E-state index is 5.18. The molecule has 0 amide bonds. The number of anilines is 6. The van der Waals surface area contributed by atoms with Crippen molar-refractivity contribution in [3.8, 4) is 56.2 Å². The first-order valence-corrected chi connectivity index (χ1v) is 22.9. The molecule has 6 nitrogen and oxygen atoms in total. The quantitative estimate of drug-likeness (QED) is 0.130. The van der Waals surface area contributed by atoms with Gasteiger partial charge >= 0.3 is 0 Å². The highest BCUT2D eigenvalue weighted by atomic mass is 15.1. The van der Waals surface area contributed by atoms with Crippen molar-refractivity contribution in [3.63, 3.8) is 0 Å². The largest absolute Gasteiger partial charge is 0.310 e. The van der Waals surface area contributed by atoms with E-state index in [0.29, 0.717) is 0 Å². The van der Waals surface area contributed by atoms with Crippen LogP contribution in [0.25, 0.3) is 67.5 Å². The minimum atomic E-state index is 0.911. The molecule has 0 radical (unpaired) electrons. The van der Waals surface area contributed by atoms with E-state index in [9.17, 15) is 0 Å². The van der Waals surface area contributed by atoms with E-state index in [-0.39, 0.29) is 0 Å². The Morgan fingerprint density at radius 2 is 0.574 bits per heavy atom. The number of imidazole rings is 2. The Morgan fingerprint density at radius 3 is 0.971 bits per heavy atom. The normalized spacial score (nSPS) is 11.2. The van der Waals surface area contributed by atoms with Crippen LogP contribution in [0.3, 0.4) is 0 Å². The van der Waals surface area contributed by atoms with Crippen LogP contribution in [-0.2, 0) is 0 Å². The average Bonchev–Trinajstić information content (AvgIpc) is 4.01. The summed E-state index contributed by atoms with van der Waals surface area (Å²) >= 11 is 0. The number of hydrogen-bond donors (Lipinski definition) is 0. The lowest BCUT2D eigenvalue weighted by Gasteiger charge is -2.26. The van der Waals surface area contributed by atoms with Gasteiger partial charge in [-0.3, -0.25) is 8.80 Å². The monoisotopic (exact) mass is 872 g/mol. The molecule has 12 aromatic rings. The highest BCUT2D eigenvalue weighted by Crippen LogP contribution is 2.42. The zero-order chi connectivity index (χ0) is 45.2. The lowest BCUT2D eigenvalue weighted by molar-refractivity contribution is 1.19. The first kappa shape index (κ1) is 40.3. The van der Waals surface area contributed by atoms with Crippen LogP contribution in [0.5, 0.6) is 0 Å². The van der Waals surface area contributed by atoms with Crippen LogP contribution in [0.2, 0.25) is 0 Å². The standard InChI is InChI=1S/C62H44N6/c1-5-19-47(20-6-1)61-59(63-57-31-13-15-41-65(57)61)49-23-17-29-55(43-49)67(51-25-9-3-10-26-51)53-37-33-45(34-38-53)46-35-39-54(40-36-46)68(52-27-11-4-12-28-52)56-30-18-24-50(44-56)60-62(48-21-7-2-8-22-48)66-42-16-14-32-58(66)64-60/h1-44H. The number of para-hydroxylation sites is 2. The molecule has 0 saturated carbocycles. The second-order valence-electron chi connectivity index (χ2n) is 16.7. The summed E-state index contributed by atoms with van der Waals surface area (Å²) in [6, 6.07) is 89.7. The topological polar surface area (TPSA) is 41.1 Å². The summed E-state index contributed by atoms with van der Waals surface area (Å²) in [7, 11) is 0. The SMILES string of the molecule is c1ccc(-c2c(-c3cccc(N(c4ccccc4)c4ccc(-c5ccc(N(c6ccccc6)c6cccc(-c7nc8ccccn8c7-c7ccccc7)c6)cc5)cc4)c3)nc3ccccn23)cc1. The predicted octanol–water partition coefficient (Wildman–Crippen LogP) is 16.3. The van der Waals surface area contributed by atoms with Gasteiger partial charge in [-0.05, 0) is 108 Å². The fourth-order valence-electron chi connectivity index (χ4n) is 9.38. The number of benzene rings is 8. The van der Waals surface area contributed by atoms with Crippen molar-refractivity contribution in [1.82, 2.24) is 18.8 Å². The third-order valence-electron chi connectivity index (χ3n) is 12.5. The Balaban J connectivity index is 0.879. The van der Waals surface area contributed by atoms with Crippen LogP contribution in [0.15, 0.2) is 267 Å². The molecule has 0 unspecified atom stereocenters. The summed E-state index contributed by atoms with van der Waals surface area (Å²) in [6.45, 7) is 0. The molecule has 322 valence electrons. The highest BCUT2D eigenvalue weighted by molar-refractivity contribution is 5.88. The molecule has 0 bridgehead atoms. The molecule has 0 saturated heterocycles. The fraction of sp³-hybridized carbons (Fsp3) is 0. The molecule has 0 N–H and O–H groups in total. The Hall–Kier alpha value is -9.26. The predicted molar refractivity (Wildman–Crippen MR) is 280 cm³/mol. The molecule has 68 heavy (non-hydrogen) atoms. The molecular weight excluding hydrogens is 829 g/mol. The Bertz CT molecular complexity index is 3410. The maximum absolute atomic E-state index is 5.18. The highest BCUT2D eigenvalue weighted by Gasteiger charge is 2.21. The molecule has 0 aliphatic rings. The number of pyridine rings is 2. The average molecular weight is 873 g/mol. The fourth-order valence-corrected chi connectivity index (χ4v) is 9.38. The molecule has 8 aromatic carbocycles. The van der Waals surface area contributed by atoms with Crippen LogP contribution in [0.4, 0.5) is 34.1 Å². The van der Waals surface area contributed by atoms with E-state index < -0.39 is 0 Å². The third-order valence-corrected chi connectivity index (χ3v) is 12.5. The molecule has 12 rings (SSSR count). The van der Waals surface area contributed by atoms with Gasteiger partial charge < -0.3 is 9.80 Å². The zero-order valence-corrected chi connectivity index (χ0v) is 37.1. The van der Waals surface area contributed by atoms with E-state index in [1.54, 1.807) is 0 Å². The molecule has 4 heterocycles. The summed E-state index contributed by atoms with van der Waals surface area (Å²) in [6.07, 6.45) is 4.18. The third kappa shape index (κ3) is 7.56. The van der Waals surface area contributed by atoms with Crippen molar-refractivity contribution in [2.75, 3.05) is 9.80 Å². The molecule has 0 spiro atoms. The van der Waals surface area contributed by atoms with Gasteiger partial charge in [-0.1, -0.05) is 158 Å². The Labute approximate surface area is 395 Å². The molecule has 6 heteroatoms. The van der Waals surface area contributed by atoms with Crippen molar-refractivity contribution in [2.24, 2.45) is 0 Å². The number of nitrogens with zero attached hydrogens (tertiary/aromatic N) is 6. The van der Waals surface area contributed by atoms with Crippen LogP contribution in [0.1, 0.15) is 0 Å². The van der Waals surface area contributed by atoms with Crippen molar-refractivity contribution in [2.45, 2.75) is 0 Å². The van der Waals surface area contributed by atoms with Crippen molar-refractivity contribution < 1.29 is 0 Å². The number of hydrogen-bond acceptors (Lipinski definition) is 4. The van der Waals surface area contributed by atoms with E-state index in [1.165, 1.54) is 0 Å². The second kappa shape index (κ2) is 17.6. The lowest BCUT2D eigenvalue weighted by Crippen LogP contribution is -2.10. The molecule has 0 atom stereocenters. The van der Waals surface area contributed by atoms with E-state index in [2.05, 4.69) is 274 Å². The minimum Gasteiger partial charge on any atom is -0.310 e. The van der Waals surface area contributed by atoms with Gasteiger partial charge in [0.25, 0.3) is 0 Å². The van der Waals surface area contributed by atoms with Crippen LogP contribution in [0, 0.1) is 0 Å². The summed E-state index contributed by atoms with van der Waals surface area (Å²) in [5.74, 6) is 0. The van der Waals surface area contributed by atoms with Crippen LogP contribution in [-0.4, -0.2) is 18.8 Å². The summed E-state index contributed by atoms with van der Waals surface area (Å²) in [4.78, 5) is 15.0. The first-order chi connectivity index (χ1) is 33.7. The van der Waals surface area contributed by atoms with Gasteiger partial charge in [-0.15, -0.1) is 0 Å². The van der Waals surface area contributed by atoms with Gasteiger partial charge in [-0.2, -0.15) is 0 Å². The first-order valence-electron chi connectivity index (χ1n) is 22.9. The summed E-state index contributed by atoms with van der Waals surface area (Å²) in [5.41, 5.74) is 18.8. The maximum Gasteiger partial charge on any atom is 0.137 e. The van der Waals surface area contributed by atoms with Gasteiger partial charge in [-0.25, -0.2) is 9.97 Å². The second-order valence-corrected chi connectivity index (χ2v) is 16.7. The van der Waals surface area contributed by atoms with Crippen molar-refractivity contribution in [3.05, 3.63) is 267 Å². The van der Waals surface area contributed by atoms with Crippen LogP contribution < -0.4 is 9.80 Å². The van der Waals surface area contributed by atoms with Crippen LogP contribution >= 0.6 is 0 Å². The van der Waals surface area contributed by atoms with Crippen molar-refractivity contribution in [1.29, 1.82) is 0 Å². The molecule has 0 aliphatic heterocycles. The smallest absolute Gasteiger partial charge is 0.137 e. The zero-order valence-electron chi connectivity index (χ0n) is 37.1. The Kier molecular flexibility index (Phi) is 10.4. The number of rotatable bonds is 11. The van der Waals surface area contributed by atoms with E-state index in [0.717, 1.165) is 102 Å². The Morgan fingerprint density at radius 1 is 0.250 bits per heavy atom. The molecule has 4 aromatic heterocycles. The van der Waals surface area contributed by atoms with Gasteiger partial charge in [0.15, 0.2) is 0 Å². The number of aromatic nitrogens is 4. The molecule has 0 aliphatic carbocycles. The van der Waals surface area contributed by atoms with Gasteiger partial charge in [0.2, 0.25) is 0 Å². The van der Waals surface area contributed by atoms with E-state index in [1.807, 2.05) is 12.1 Å². The summed E-state index contributed by atoms with van der Waals surface area (Å²) in [5, 5.41) is 0. The summed E-state index contributed by atoms with van der Waals surface area (Å²) < 4.78 is 4.36. The number of fused-ring (bicyclic) bond motifs is 2. The van der Waals surface area contributed by atoms with Crippen molar-refractivity contribution >= 4 is 45.4 Å². The minimum absolute atomic E-state index is 0.911. The van der Waals surface area contributed by atoms with Gasteiger partial charge in [0.1, 0.15) is 11.3 Å². The van der Waals surface area contributed by atoms with Gasteiger partial charge in [0.05, 0.1) is 22.8 Å². The van der Waals surface area contributed by atoms with Gasteiger partial charge in [0, 0.05) is 68.8 Å². The lowest BCUT2D eigenvalue weighted by atomic mass is 10.0. The molecule has 0 fully saturated rings. The molecular formula is C62H44N6. The van der Waals surface area contributed by atoms with E-state index >= 15 is 0 Å².